The number of hydrogen-bond donors (Lipinski definition) is 2. The molecule has 2 aromatic rings. The van der Waals surface area contributed by atoms with E-state index in [1.807, 2.05) is 0 Å². The van der Waals surface area contributed by atoms with Crippen molar-refractivity contribution in [2.45, 2.75) is 13.5 Å². The summed E-state index contributed by atoms with van der Waals surface area (Å²) in [5.41, 5.74) is 1.74. The molecule has 0 unspecified atom stereocenters. The smallest absolute Gasteiger partial charge is 0.133 e. The highest BCUT2D eigenvalue weighted by molar-refractivity contribution is 5.64. The normalized spacial score (nSPS) is 11.0. The number of nitrogens with one attached hydrogen (secondary N) is 2. The van der Waals surface area contributed by atoms with Crippen LogP contribution in [0.2, 0.25) is 0 Å². The SMILES string of the molecule is COCCNCc1cn[nH]c1-c1cc(F)c(C)cc1F. The molecule has 4 nitrogen and oxygen atoms in total. The number of rotatable bonds is 6. The van der Waals surface area contributed by atoms with E-state index in [-0.39, 0.29) is 11.1 Å². The number of hydrogen-bond acceptors (Lipinski definition) is 3. The standard InChI is InChI=1S/C14H17F2N3O/c1-9-5-13(16)11(6-12(9)15)14-10(8-18-19-14)7-17-3-4-20-2/h5-6,8,17H,3-4,7H2,1-2H3,(H,18,19). The van der Waals surface area contributed by atoms with Gasteiger partial charge in [-0.2, -0.15) is 5.10 Å². The fourth-order valence-electron chi connectivity index (χ4n) is 1.91. The molecule has 0 radical (unpaired) electrons. The van der Waals surface area contributed by atoms with Gasteiger partial charge in [0.15, 0.2) is 0 Å². The molecule has 0 aliphatic carbocycles. The van der Waals surface area contributed by atoms with Gasteiger partial charge in [-0.3, -0.25) is 5.10 Å². The minimum absolute atomic E-state index is 0.189. The molecule has 0 saturated carbocycles. The quantitative estimate of drug-likeness (QED) is 0.799. The largest absolute Gasteiger partial charge is 0.383 e. The van der Waals surface area contributed by atoms with Crippen molar-refractivity contribution in [3.8, 4) is 11.3 Å². The number of methoxy groups -OCH3 is 1. The van der Waals surface area contributed by atoms with Crippen LogP contribution in [0.4, 0.5) is 8.78 Å². The Labute approximate surface area is 116 Å². The highest BCUT2D eigenvalue weighted by Gasteiger charge is 2.14. The first-order chi connectivity index (χ1) is 9.63. The van der Waals surface area contributed by atoms with Crippen LogP contribution in [0.15, 0.2) is 18.3 Å². The Hall–Kier alpha value is -1.79. The van der Waals surface area contributed by atoms with Crippen molar-refractivity contribution in [3.05, 3.63) is 41.1 Å². The number of H-pyrrole nitrogens is 1. The summed E-state index contributed by atoms with van der Waals surface area (Å²) in [5.74, 6) is -0.902. The van der Waals surface area contributed by atoms with Gasteiger partial charge in [-0.25, -0.2) is 8.78 Å². The summed E-state index contributed by atoms with van der Waals surface area (Å²) < 4.78 is 32.5. The topological polar surface area (TPSA) is 49.9 Å². The molecule has 2 N–H and O–H groups in total. The van der Waals surface area contributed by atoms with Gasteiger partial charge in [0.05, 0.1) is 18.5 Å². The van der Waals surface area contributed by atoms with E-state index in [2.05, 4.69) is 15.5 Å². The van der Waals surface area contributed by atoms with E-state index in [4.69, 9.17) is 4.74 Å². The van der Waals surface area contributed by atoms with Gasteiger partial charge in [0.1, 0.15) is 11.6 Å². The zero-order valence-corrected chi connectivity index (χ0v) is 11.5. The molecule has 108 valence electrons. The number of halogens is 2. The summed E-state index contributed by atoms with van der Waals surface area (Å²) in [6.07, 6.45) is 1.60. The molecule has 0 aliphatic rings. The minimum atomic E-state index is -0.466. The lowest BCUT2D eigenvalue weighted by molar-refractivity contribution is 0.199. The van der Waals surface area contributed by atoms with Gasteiger partial charge in [-0.15, -0.1) is 0 Å². The van der Waals surface area contributed by atoms with Crippen LogP contribution in [0.25, 0.3) is 11.3 Å². The van der Waals surface area contributed by atoms with Crippen LogP contribution in [-0.4, -0.2) is 30.5 Å². The number of aromatic nitrogens is 2. The summed E-state index contributed by atoms with van der Waals surface area (Å²) in [5, 5.41) is 9.77. The maximum atomic E-state index is 14.0. The van der Waals surface area contributed by atoms with Gasteiger partial charge >= 0.3 is 0 Å². The molecule has 0 bridgehead atoms. The molecule has 0 aliphatic heterocycles. The monoisotopic (exact) mass is 281 g/mol. The Kier molecular flexibility index (Phi) is 4.81. The fourth-order valence-corrected chi connectivity index (χ4v) is 1.91. The van der Waals surface area contributed by atoms with Gasteiger partial charge < -0.3 is 10.1 Å². The van der Waals surface area contributed by atoms with Crippen LogP contribution in [0.3, 0.4) is 0 Å². The molecule has 1 aromatic heterocycles. The summed E-state index contributed by atoms with van der Waals surface area (Å²) in [7, 11) is 1.62. The number of nitrogens with zero attached hydrogens (tertiary/aromatic N) is 1. The third-order valence-electron chi connectivity index (χ3n) is 3.03. The predicted octanol–water partition coefficient (Wildman–Crippen LogP) is 2.40. The van der Waals surface area contributed by atoms with E-state index < -0.39 is 11.6 Å². The number of ether oxygens (including phenoxy) is 1. The number of aryl methyl sites for hydroxylation is 1. The van der Waals surface area contributed by atoms with Crippen molar-refractivity contribution in [2.75, 3.05) is 20.3 Å². The van der Waals surface area contributed by atoms with E-state index in [1.165, 1.54) is 19.1 Å². The van der Waals surface area contributed by atoms with Crippen molar-refractivity contribution >= 4 is 0 Å². The van der Waals surface area contributed by atoms with Crippen LogP contribution < -0.4 is 5.32 Å². The van der Waals surface area contributed by atoms with Gasteiger partial charge in [0.25, 0.3) is 0 Å². The number of aromatic amines is 1. The van der Waals surface area contributed by atoms with Gasteiger partial charge in [0, 0.05) is 31.3 Å². The average Bonchev–Trinajstić information content (AvgIpc) is 2.87. The van der Waals surface area contributed by atoms with E-state index in [0.717, 1.165) is 5.56 Å². The average molecular weight is 281 g/mol. The fraction of sp³-hybridized carbons (Fsp3) is 0.357. The second-order valence-corrected chi connectivity index (χ2v) is 4.52. The minimum Gasteiger partial charge on any atom is -0.383 e. The summed E-state index contributed by atoms with van der Waals surface area (Å²) in [6, 6.07) is 2.38. The van der Waals surface area contributed by atoms with Gasteiger partial charge in [-0.05, 0) is 24.6 Å². The van der Waals surface area contributed by atoms with Crippen molar-refractivity contribution in [2.24, 2.45) is 0 Å². The van der Waals surface area contributed by atoms with Crippen LogP contribution in [0.5, 0.6) is 0 Å². The van der Waals surface area contributed by atoms with E-state index in [0.29, 0.717) is 25.4 Å². The molecule has 0 amide bonds. The van der Waals surface area contributed by atoms with E-state index >= 15 is 0 Å². The summed E-state index contributed by atoms with van der Waals surface area (Å²) in [4.78, 5) is 0. The molecule has 2 rings (SSSR count). The lowest BCUT2D eigenvalue weighted by atomic mass is 10.0. The molecular weight excluding hydrogens is 264 g/mol. The predicted molar refractivity (Wildman–Crippen MR) is 72.3 cm³/mol. The van der Waals surface area contributed by atoms with Crippen molar-refractivity contribution in [3.63, 3.8) is 0 Å². The molecule has 0 saturated heterocycles. The second-order valence-electron chi connectivity index (χ2n) is 4.52. The lowest BCUT2D eigenvalue weighted by Crippen LogP contribution is -2.18. The molecule has 6 heteroatoms. The first kappa shape index (κ1) is 14.6. The lowest BCUT2D eigenvalue weighted by Gasteiger charge is -2.07. The van der Waals surface area contributed by atoms with Crippen LogP contribution in [-0.2, 0) is 11.3 Å². The Balaban J connectivity index is 2.21. The highest BCUT2D eigenvalue weighted by atomic mass is 19.1. The first-order valence-electron chi connectivity index (χ1n) is 6.31. The maximum absolute atomic E-state index is 14.0. The van der Waals surface area contributed by atoms with Crippen molar-refractivity contribution in [1.82, 2.24) is 15.5 Å². The molecule has 0 spiro atoms. The Morgan fingerprint density at radius 1 is 1.30 bits per heavy atom. The van der Waals surface area contributed by atoms with Crippen molar-refractivity contribution < 1.29 is 13.5 Å². The Bertz CT molecular complexity index is 584. The summed E-state index contributed by atoms with van der Waals surface area (Å²) >= 11 is 0. The van der Waals surface area contributed by atoms with Crippen LogP contribution in [0, 0.1) is 18.6 Å². The Morgan fingerprint density at radius 3 is 2.85 bits per heavy atom. The molecule has 0 atom stereocenters. The van der Waals surface area contributed by atoms with E-state index in [1.54, 1.807) is 13.3 Å². The molecule has 1 heterocycles. The molecule has 0 fully saturated rings. The van der Waals surface area contributed by atoms with Gasteiger partial charge in [-0.1, -0.05) is 0 Å². The third kappa shape index (κ3) is 3.20. The van der Waals surface area contributed by atoms with Crippen LogP contribution >= 0.6 is 0 Å². The Morgan fingerprint density at radius 2 is 2.10 bits per heavy atom. The third-order valence-corrected chi connectivity index (χ3v) is 3.03. The zero-order valence-electron chi connectivity index (χ0n) is 11.5. The molecule has 1 aromatic carbocycles. The van der Waals surface area contributed by atoms with Gasteiger partial charge in [0.2, 0.25) is 0 Å². The van der Waals surface area contributed by atoms with E-state index in [9.17, 15) is 8.78 Å². The maximum Gasteiger partial charge on any atom is 0.133 e. The zero-order chi connectivity index (χ0) is 14.5. The highest BCUT2D eigenvalue weighted by Crippen LogP contribution is 2.26. The van der Waals surface area contributed by atoms with Crippen LogP contribution in [0.1, 0.15) is 11.1 Å². The molecular formula is C14H17F2N3O. The summed E-state index contributed by atoms with van der Waals surface area (Å²) in [6.45, 7) is 3.29. The molecule has 20 heavy (non-hydrogen) atoms. The number of benzene rings is 1. The first-order valence-corrected chi connectivity index (χ1v) is 6.31. The van der Waals surface area contributed by atoms with Crippen molar-refractivity contribution in [1.29, 1.82) is 0 Å². The second kappa shape index (κ2) is 6.58.